The summed E-state index contributed by atoms with van der Waals surface area (Å²) in [6, 6.07) is 15.3. The molecule has 0 aliphatic carbocycles. The summed E-state index contributed by atoms with van der Waals surface area (Å²) in [5.74, 6) is -0.177. The number of carbonyl (C=O) groups is 1. The van der Waals surface area contributed by atoms with Gasteiger partial charge in [0.1, 0.15) is 11.2 Å². The molecule has 7 nitrogen and oxygen atoms in total. The molecule has 1 N–H and O–H groups in total. The molecule has 0 saturated carbocycles. The van der Waals surface area contributed by atoms with Crippen LogP contribution in [0.5, 0.6) is 0 Å². The fourth-order valence-corrected chi connectivity index (χ4v) is 3.06. The van der Waals surface area contributed by atoms with Crippen LogP contribution in [-0.2, 0) is 11.3 Å². The van der Waals surface area contributed by atoms with Crippen LogP contribution in [-0.4, -0.2) is 20.6 Å². The van der Waals surface area contributed by atoms with Crippen molar-refractivity contribution in [1.82, 2.24) is 14.7 Å². The summed E-state index contributed by atoms with van der Waals surface area (Å²) in [7, 11) is 0. The summed E-state index contributed by atoms with van der Waals surface area (Å²) >= 11 is 0. The Morgan fingerprint density at radius 2 is 1.86 bits per heavy atom. The molecule has 0 aliphatic rings. The van der Waals surface area contributed by atoms with Crippen molar-refractivity contribution in [3.05, 3.63) is 76.3 Å². The highest BCUT2D eigenvalue weighted by Gasteiger charge is 2.16. The fourth-order valence-electron chi connectivity index (χ4n) is 3.06. The first-order valence-corrected chi connectivity index (χ1v) is 9.30. The topological polar surface area (TPSA) is 90.0 Å². The van der Waals surface area contributed by atoms with Gasteiger partial charge in [0.2, 0.25) is 5.91 Å². The highest BCUT2D eigenvalue weighted by atomic mass is 16.5. The van der Waals surface area contributed by atoms with Gasteiger partial charge in [-0.15, -0.1) is 0 Å². The number of nitrogens with zero attached hydrogens (tertiary/aromatic N) is 3. The Hall–Kier alpha value is -3.74. The number of aromatic nitrogens is 3. The molecule has 0 bridgehead atoms. The van der Waals surface area contributed by atoms with E-state index in [-0.39, 0.29) is 30.0 Å². The Morgan fingerprint density at radius 3 is 2.62 bits per heavy atom. The van der Waals surface area contributed by atoms with Crippen molar-refractivity contribution >= 4 is 22.7 Å². The van der Waals surface area contributed by atoms with Gasteiger partial charge in [-0.05, 0) is 25.5 Å². The van der Waals surface area contributed by atoms with Crippen LogP contribution in [0.25, 0.3) is 22.4 Å². The number of benzene rings is 2. The zero-order valence-electron chi connectivity index (χ0n) is 16.2. The van der Waals surface area contributed by atoms with Crippen molar-refractivity contribution in [1.29, 1.82) is 0 Å². The molecule has 0 radical (unpaired) electrons. The van der Waals surface area contributed by atoms with Crippen molar-refractivity contribution in [2.75, 3.05) is 5.32 Å². The largest absolute Gasteiger partial charge is 0.348 e. The van der Waals surface area contributed by atoms with Crippen LogP contribution >= 0.6 is 0 Å². The number of anilines is 1. The summed E-state index contributed by atoms with van der Waals surface area (Å²) < 4.78 is 6.64. The molecule has 4 aromatic rings. The van der Waals surface area contributed by atoms with Crippen molar-refractivity contribution in [3.8, 4) is 11.3 Å². The molecule has 146 valence electrons. The first-order chi connectivity index (χ1) is 14.0. The van der Waals surface area contributed by atoms with E-state index in [0.717, 1.165) is 22.4 Å². The first-order valence-electron chi connectivity index (χ1n) is 9.30. The SMILES string of the molecule is Cc1ccc(-c2noc3c(=O)n(CCC(=O)Nc4ccccc4C)cnc23)cc1. The van der Waals surface area contributed by atoms with E-state index in [9.17, 15) is 9.59 Å². The highest BCUT2D eigenvalue weighted by molar-refractivity contribution is 5.91. The second kappa shape index (κ2) is 7.71. The summed E-state index contributed by atoms with van der Waals surface area (Å²) in [6.07, 6.45) is 1.57. The molecule has 7 heteroatoms. The molecule has 2 heterocycles. The number of hydrogen-bond acceptors (Lipinski definition) is 5. The van der Waals surface area contributed by atoms with Gasteiger partial charge in [0.05, 0.1) is 6.33 Å². The summed E-state index contributed by atoms with van der Waals surface area (Å²) in [5, 5.41) is 6.88. The van der Waals surface area contributed by atoms with Gasteiger partial charge in [-0.2, -0.15) is 0 Å². The van der Waals surface area contributed by atoms with Crippen LogP contribution in [0.15, 0.2) is 64.2 Å². The average molecular weight is 388 g/mol. The Bertz CT molecular complexity index is 1240. The summed E-state index contributed by atoms with van der Waals surface area (Å²) in [6.45, 7) is 4.12. The first kappa shape index (κ1) is 18.6. The Morgan fingerprint density at radius 1 is 1.10 bits per heavy atom. The Labute approximate surface area is 167 Å². The van der Waals surface area contributed by atoms with Crippen LogP contribution < -0.4 is 10.9 Å². The third-order valence-electron chi connectivity index (χ3n) is 4.77. The minimum absolute atomic E-state index is 0.0855. The van der Waals surface area contributed by atoms with Gasteiger partial charge >= 0.3 is 0 Å². The number of nitrogens with one attached hydrogen (secondary N) is 1. The predicted octanol–water partition coefficient (Wildman–Crippen LogP) is 3.70. The molecule has 0 spiro atoms. The molecule has 2 aromatic carbocycles. The van der Waals surface area contributed by atoms with Gasteiger partial charge in [0.15, 0.2) is 0 Å². The number of para-hydroxylation sites is 1. The van der Waals surface area contributed by atoms with Gasteiger partial charge in [0, 0.05) is 24.2 Å². The molecule has 1 amide bonds. The number of hydrogen-bond donors (Lipinski definition) is 1. The lowest BCUT2D eigenvalue weighted by atomic mass is 10.1. The third kappa shape index (κ3) is 3.80. The number of amides is 1. The summed E-state index contributed by atoms with van der Waals surface area (Å²) in [4.78, 5) is 29.3. The van der Waals surface area contributed by atoms with Gasteiger partial charge in [-0.3, -0.25) is 14.2 Å². The average Bonchev–Trinajstić information content (AvgIpc) is 3.15. The molecular weight excluding hydrogens is 368 g/mol. The Balaban J connectivity index is 1.52. The van der Waals surface area contributed by atoms with Crippen molar-refractivity contribution in [3.63, 3.8) is 0 Å². The predicted molar refractivity (Wildman–Crippen MR) is 111 cm³/mol. The van der Waals surface area contributed by atoms with Crippen LogP contribution in [0, 0.1) is 13.8 Å². The lowest BCUT2D eigenvalue weighted by Crippen LogP contribution is -2.23. The van der Waals surface area contributed by atoms with E-state index in [1.54, 1.807) is 0 Å². The molecule has 29 heavy (non-hydrogen) atoms. The maximum atomic E-state index is 12.7. The molecule has 0 atom stereocenters. The van der Waals surface area contributed by atoms with E-state index in [2.05, 4.69) is 15.5 Å². The quantitative estimate of drug-likeness (QED) is 0.563. The molecule has 0 aliphatic heterocycles. The zero-order chi connectivity index (χ0) is 20.4. The van der Waals surface area contributed by atoms with Crippen molar-refractivity contribution < 1.29 is 9.32 Å². The monoisotopic (exact) mass is 388 g/mol. The maximum absolute atomic E-state index is 12.7. The van der Waals surface area contributed by atoms with Gasteiger partial charge in [-0.25, -0.2) is 4.98 Å². The molecule has 0 saturated heterocycles. The zero-order valence-corrected chi connectivity index (χ0v) is 16.2. The number of fused-ring (bicyclic) bond motifs is 1. The van der Waals surface area contributed by atoms with Crippen LogP contribution in [0.3, 0.4) is 0 Å². The van der Waals surface area contributed by atoms with Crippen LogP contribution in [0.4, 0.5) is 5.69 Å². The second-order valence-corrected chi connectivity index (χ2v) is 6.93. The standard InChI is InChI=1S/C22H20N4O3/c1-14-7-9-16(10-8-14)19-20-21(29-25-19)22(28)26(13-23-20)12-11-18(27)24-17-6-4-3-5-15(17)2/h3-10,13H,11-12H2,1-2H3,(H,24,27). The van der Waals surface area contributed by atoms with E-state index < -0.39 is 0 Å². The third-order valence-corrected chi connectivity index (χ3v) is 4.77. The maximum Gasteiger partial charge on any atom is 0.299 e. The Kier molecular flexibility index (Phi) is 4.95. The fraction of sp³-hybridized carbons (Fsp3) is 0.182. The van der Waals surface area contributed by atoms with Crippen molar-refractivity contribution in [2.24, 2.45) is 0 Å². The van der Waals surface area contributed by atoms with E-state index in [1.807, 2.05) is 62.4 Å². The van der Waals surface area contributed by atoms with E-state index in [0.29, 0.717) is 11.2 Å². The normalized spacial score (nSPS) is 11.0. The van der Waals surface area contributed by atoms with E-state index >= 15 is 0 Å². The van der Waals surface area contributed by atoms with Crippen molar-refractivity contribution in [2.45, 2.75) is 26.8 Å². The second-order valence-electron chi connectivity index (χ2n) is 6.93. The molecule has 4 rings (SSSR count). The van der Waals surface area contributed by atoms with Crippen LogP contribution in [0.1, 0.15) is 17.5 Å². The lowest BCUT2D eigenvalue weighted by molar-refractivity contribution is -0.116. The van der Waals surface area contributed by atoms with Crippen LogP contribution in [0.2, 0.25) is 0 Å². The van der Waals surface area contributed by atoms with E-state index in [1.165, 1.54) is 10.9 Å². The molecule has 0 fully saturated rings. The van der Waals surface area contributed by atoms with Gasteiger partial charge in [-0.1, -0.05) is 53.2 Å². The van der Waals surface area contributed by atoms with E-state index in [4.69, 9.17) is 4.52 Å². The number of carbonyl (C=O) groups excluding carboxylic acids is 1. The minimum Gasteiger partial charge on any atom is -0.348 e. The highest BCUT2D eigenvalue weighted by Crippen LogP contribution is 2.24. The number of aryl methyl sites for hydroxylation is 3. The van der Waals surface area contributed by atoms with Gasteiger partial charge in [0.25, 0.3) is 11.1 Å². The molecular formula is C22H20N4O3. The minimum atomic E-state index is -0.357. The summed E-state index contributed by atoms with van der Waals surface area (Å²) in [5.41, 5.74) is 4.37. The lowest BCUT2D eigenvalue weighted by Gasteiger charge is -2.08. The molecule has 0 unspecified atom stereocenters. The number of rotatable bonds is 5. The van der Waals surface area contributed by atoms with Gasteiger partial charge < -0.3 is 9.84 Å². The molecule has 2 aromatic heterocycles. The smallest absolute Gasteiger partial charge is 0.299 e.